The average Bonchev–Trinajstić information content (AvgIpc) is 3.26. The van der Waals surface area contributed by atoms with Gasteiger partial charge in [-0.15, -0.1) is 11.3 Å². The fourth-order valence-corrected chi connectivity index (χ4v) is 6.56. The first-order valence-corrected chi connectivity index (χ1v) is 12.8. The average molecular weight is 511 g/mol. The molecule has 5 aromatic rings. The summed E-state index contributed by atoms with van der Waals surface area (Å²) in [4.78, 5) is 16.5. The van der Waals surface area contributed by atoms with Crippen molar-refractivity contribution in [3.8, 4) is 0 Å². The molecule has 0 spiro atoms. The second-order valence-electron chi connectivity index (χ2n) is 7.87. The van der Waals surface area contributed by atoms with Crippen molar-refractivity contribution in [3.05, 3.63) is 101 Å². The molecule has 0 fully saturated rings. The number of aromatic nitrogens is 1. The summed E-state index contributed by atoms with van der Waals surface area (Å²) in [5.41, 5.74) is 0.657. The van der Waals surface area contributed by atoms with Crippen LogP contribution in [-0.4, -0.2) is 19.4 Å². The zero-order valence-electron chi connectivity index (χ0n) is 19.1. The van der Waals surface area contributed by atoms with Crippen molar-refractivity contribution < 1.29 is 47.9 Å². The number of hydrogen-bond acceptors (Lipinski definition) is 6. The molecule has 0 bridgehead atoms. The summed E-state index contributed by atoms with van der Waals surface area (Å²) >= 11 is 1.53. The smallest absolute Gasteiger partial charge is 0.545 e. The Morgan fingerprint density at radius 3 is 2.31 bits per heavy atom. The third-order valence-electron chi connectivity index (χ3n) is 5.72. The van der Waals surface area contributed by atoms with Crippen LogP contribution in [-0.2, 0) is 16.6 Å². The van der Waals surface area contributed by atoms with Gasteiger partial charge in [-0.05, 0) is 47.5 Å². The number of carbonyl (C=O) groups excluding carboxylic acids is 1. The van der Waals surface area contributed by atoms with Crippen molar-refractivity contribution in [1.82, 2.24) is 4.98 Å². The predicted molar refractivity (Wildman–Crippen MR) is 132 cm³/mol. The Hall–Kier alpha value is -2.75. The molecule has 5 rings (SSSR count). The van der Waals surface area contributed by atoms with Crippen LogP contribution < -0.4 is 39.0 Å². The van der Waals surface area contributed by atoms with Gasteiger partial charge in [-0.3, -0.25) is 0 Å². The molecule has 0 saturated heterocycles. The molecule has 0 unspecified atom stereocenters. The maximum absolute atomic E-state index is 13.8. The number of aromatic carboxylic acids is 1. The number of rotatable bonds is 6. The summed E-state index contributed by atoms with van der Waals surface area (Å²) in [5.74, 6) is -1.03. The van der Waals surface area contributed by atoms with Crippen molar-refractivity contribution in [2.75, 3.05) is 4.31 Å². The molecule has 2 aromatic heterocycles. The molecule has 6 nitrogen and oxygen atoms in total. The van der Waals surface area contributed by atoms with Gasteiger partial charge in [-0.2, -0.15) is 0 Å². The number of fused-ring (bicyclic) bond motifs is 2. The number of nitrogens with zero attached hydrogens (tertiary/aromatic N) is 2. The summed E-state index contributed by atoms with van der Waals surface area (Å²) in [7, 11) is -4.06. The second kappa shape index (κ2) is 10.1. The Morgan fingerprint density at radius 1 is 0.971 bits per heavy atom. The summed E-state index contributed by atoms with van der Waals surface area (Å²) in [6.07, 6.45) is 1.67. The zero-order valence-corrected chi connectivity index (χ0v) is 22.8. The minimum atomic E-state index is -4.06. The molecular weight excluding hydrogens is 491 g/mol. The number of pyridine rings is 1. The molecule has 170 valence electrons. The van der Waals surface area contributed by atoms with Gasteiger partial charge in [0.1, 0.15) is 5.82 Å². The topological polar surface area (TPSA) is 90.4 Å². The molecule has 0 N–H and O–H groups in total. The van der Waals surface area contributed by atoms with Crippen LogP contribution in [0, 0.1) is 6.92 Å². The number of carbonyl (C=O) groups is 1. The van der Waals surface area contributed by atoms with Crippen molar-refractivity contribution >= 4 is 54.0 Å². The number of benzene rings is 3. The SMILES string of the molecule is Cc1c(N(Cc2cc3ccccc3s2)S(=O)(=O)c2ccc(C(=O)[O-])cc2)ncc2ccccc12.[Na+]. The van der Waals surface area contributed by atoms with Crippen LogP contribution in [0.2, 0.25) is 0 Å². The molecule has 35 heavy (non-hydrogen) atoms. The number of thiophene rings is 1. The van der Waals surface area contributed by atoms with Gasteiger partial charge in [0.05, 0.1) is 17.4 Å². The van der Waals surface area contributed by atoms with E-state index in [4.69, 9.17) is 0 Å². The van der Waals surface area contributed by atoms with Crippen LogP contribution in [0.25, 0.3) is 20.9 Å². The normalized spacial score (nSPS) is 11.3. The van der Waals surface area contributed by atoms with E-state index < -0.39 is 16.0 Å². The molecule has 9 heteroatoms. The number of anilines is 1. The van der Waals surface area contributed by atoms with Gasteiger partial charge in [-0.25, -0.2) is 17.7 Å². The van der Waals surface area contributed by atoms with Crippen LogP contribution in [0.15, 0.2) is 90.0 Å². The van der Waals surface area contributed by atoms with Gasteiger partial charge in [0.15, 0.2) is 0 Å². The predicted octanol–water partition coefficient (Wildman–Crippen LogP) is 1.52. The third kappa shape index (κ3) is 4.85. The van der Waals surface area contributed by atoms with Crippen molar-refractivity contribution in [3.63, 3.8) is 0 Å². The van der Waals surface area contributed by atoms with Crippen LogP contribution in [0.1, 0.15) is 20.8 Å². The van der Waals surface area contributed by atoms with Crippen molar-refractivity contribution in [1.29, 1.82) is 0 Å². The fraction of sp³-hybridized carbons (Fsp3) is 0.0769. The molecule has 0 saturated carbocycles. The van der Waals surface area contributed by atoms with Crippen molar-refractivity contribution in [2.45, 2.75) is 18.4 Å². The van der Waals surface area contributed by atoms with E-state index in [0.29, 0.717) is 5.82 Å². The Morgan fingerprint density at radius 2 is 1.63 bits per heavy atom. The van der Waals surface area contributed by atoms with E-state index in [1.54, 1.807) is 6.20 Å². The molecular formula is C26H19N2NaO4S2. The van der Waals surface area contributed by atoms with Gasteiger partial charge >= 0.3 is 29.6 Å². The largest absolute Gasteiger partial charge is 1.00 e. The number of carboxylic acids is 1. The summed E-state index contributed by atoms with van der Waals surface area (Å²) in [6.45, 7) is 1.95. The first kappa shape index (κ1) is 25.3. The van der Waals surface area contributed by atoms with Crippen molar-refractivity contribution in [2.24, 2.45) is 0 Å². The fourth-order valence-electron chi connectivity index (χ4n) is 3.97. The third-order valence-corrected chi connectivity index (χ3v) is 8.57. The van der Waals surface area contributed by atoms with Crippen LogP contribution in [0.3, 0.4) is 0 Å². The van der Waals surface area contributed by atoms with E-state index in [1.807, 2.05) is 61.5 Å². The van der Waals surface area contributed by atoms with Crippen LogP contribution in [0.4, 0.5) is 5.82 Å². The van der Waals surface area contributed by atoms with Gasteiger partial charge in [0.2, 0.25) is 0 Å². The summed E-state index contributed by atoms with van der Waals surface area (Å²) in [6, 6.07) is 22.6. The van der Waals surface area contributed by atoms with Gasteiger partial charge < -0.3 is 9.90 Å². The van der Waals surface area contributed by atoms with Gasteiger partial charge in [-0.1, -0.05) is 54.6 Å². The Balaban J connectivity index is 0.00000289. The summed E-state index contributed by atoms with van der Waals surface area (Å²) < 4.78 is 30.1. The monoisotopic (exact) mass is 510 g/mol. The molecule has 0 aliphatic rings. The summed E-state index contributed by atoms with van der Waals surface area (Å²) in [5, 5.41) is 14.0. The Labute approximate surface area is 229 Å². The number of hydrogen-bond donors (Lipinski definition) is 0. The first-order valence-electron chi connectivity index (χ1n) is 10.5. The second-order valence-corrected chi connectivity index (χ2v) is 10.9. The maximum Gasteiger partial charge on any atom is 1.00 e. The maximum atomic E-state index is 13.8. The van der Waals surface area contributed by atoms with Crippen LogP contribution in [0.5, 0.6) is 0 Å². The molecule has 0 atom stereocenters. The minimum absolute atomic E-state index is 0. The molecule has 2 heterocycles. The van der Waals surface area contributed by atoms with E-state index >= 15 is 0 Å². The van der Waals surface area contributed by atoms with Gasteiger partial charge in [0.25, 0.3) is 10.0 Å². The first-order chi connectivity index (χ1) is 16.3. The Bertz CT molecular complexity index is 1610. The molecule has 0 radical (unpaired) electrons. The minimum Gasteiger partial charge on any atom is -0.545 e. The van der Waals surface area contributed by atoms with E-state index in [2.05, 4.69) is 4.98 Å². The zero-order chi connectivity index (χ0) is 23.9. The van der Waals surface area contributed by atoms with E-state index in [1.165, 1.54) is 39.9 Å². The molecule has 0 amide bonds. The van der Waals surface area contributed by atoms with E-state index in [9.17, 15) is 18.3 Å². The van der Waals surface area contributed by atoms with E-state index in [-0.39, 0.29) is 46.6 Å². The number of aryl methyl sites for hydroxylation is 1. The number of sulfonamides is 1. The standard InChI is InChI=1S/C26H20N2O4S2.Na/c1-17-23-8-4-2-7-20(23)15-27-25(17)28(16-21-14-19-6-3-5-9-24(19)33-21)34(31,32)22-12-10-18(11-13-22)26(29)30;/h2-15H,16H2,1H3,(H,29,30);/q;+1/p-1. The van der Waals surface area contributed by atoms with Crippen LogP contribution >= 0.6 is 11.3 Å². The number of carboxylic acid groups (broad SMARTS) is 1. The Kier molecular flexibility index (Phi) is 7.30. The van der Waals surface area contributed by atoms with E-state index in [0.717, 1.165) is 31.3 Å². The molecule has 3 aromatic carbocycles. The molecule has 0 aliphatic carbocycles. The molecule has 0 aliphatic heterocycles. The quantitative estimate of drug-likeness (QED) is 0.323. The van der Waals surface area contributed by atoms with Gasteiger partial charge in [0, 0.05) is 26.7 Å².